The predicted molar refractivity (Wildman–Crippen MR) is 57.3 cm³/mol. The monoisotopic (exact) mass is 239 g/mol. The number of rotatable bonds is 4. The highest BCUT2D eigenvalue weighted by Gasteiger charge is 2.48. The number of nitro groups is 1. The Morgan fingerprint density at radius 1 is 1.71 bits per heavy atom. The number of nitrogens with zero attached hydrogens (tertiary/aromatic N) is 3. The maximum Gasteiger partial charge on any atom is 0.381 e. The Balaban J connectivity index is 2.28. The first-order valence-electron chi connectivity index (χ1n) is 5.46. The lowest BCUT2D eigenvalue weighted by atomic mass is 9.76. The van der Waals surface area contributed by atoms with E-state index in [9.17, 15) is 14.9 Å². The second-order valence-electron chi connectivity index (χ2n) is 4.00. The van der Waals surface area contributed by atoms with Crippen molar-refractivity contribution in [3.63, 3.8) is 0 Å². The lowest BCUT2D eigenvalue weighted by Gasteiger charge is -2.39. The van der Waals surface area contributed by atoms with Gasteiger partial charge in [0.15, 0.2) is 0 Å². The quantitative estimate of drug-likeness (QED) is 0.448. The number of imidazole rings is 1. The summed E-state index contributed by atoms with van der Waals surface area (Å²) in [5.41, 5.74) is -0.780. The van der Waals surface area contributed by atoms with E-state index >= 15 is 0 Å². The average Bonchev–Trinajstić information content (AvgIpc) is 2.66. The smallest absolute Gasteiger partial charge is 0.381 e. The summed E-state index contributed by atoms with van der Waals surface area (Å²) in [7, 11) is 0. The highest BCUT2D eigenvalue weighted by atomic mass is 16.6. The third-order valence-corrected chi connectivity index (χ3v) is 3.09. The summed E-state index contributed by atoms with van der Waals surface area (Å²) in [4.78, 5) is 25.5. The van der Waals surface area contributed by atoms with Crippen LogP contribution in [-0.4, -0.2) is 27.1 Å². The van der Waals surface area contributed by atoms with Crippen LogP contribution in [0.4, 0.5) is 5.82 Å². The topological polar surface area (TPSA) is 87.3 Å². The van der Waals surface area contributed by atoms with E-state index in [1.54, 1.807) is 6.92 Å². The molecule has 0 unspecified atom stereocenters. The number of aromatic nitrogens is 2. The SMILES string of the molecule is CCOC(=O)C1(n2cnc([N+](=O)[O-])c2)CCC1. The van der Waals surface area contributed by atoms with Crippen molar-refractivity contribution in [1.82, 2.24) is 9.55 Å². The predicted octanol–water partition coefficient (Wildman–Crippen LogP) is 1.23. The fourth-order valence-corrected chi connectivity index (χ4v) is 1.99. The van der Waals surface area contributed by atoms with E-state index in [0.29, 0.717) is 19.4 Å². The molecule has 7 heteroatoms. The maximum absolute atomic E-state index is 11.9. The van der Waals surface area contributed by atoms with Gasteiger partial charge in [0.25, 0.3) is 0 Å². The average molecular weight is 239 g/mol. The standard InChI is InChI=1S/C10H13N3O4/c1-2-17-9(14)10(4-3-5-10)12-6-8(11-7-12)13(15)16/h6-7H,2-5H2,1H3. The molecule has 0 amide bonds. The van der Waals surface area contributed by atoms with Crippen molar-refractivity contribution in [2.75, 3.05) is 6.61 Å². The van der Waals surface area contributed by atoms with E-state index in [2.05, 4.69) is 4.98 Å². The third-order valence-electron chi connectivity index (χ3n) is 3.09. The van der Waals surface area contributed by atoms with Gasteiger partial charge in [-0.3, -0.25) is 4.57 Å². The second kappa shape index (κ2) is 4.15. The summed E-state index contributed by atoms with van der Waals surface area (Å²) in [6.45, 7) is 2.04. The van der Waals surface area contributed by atoms with Crippen LogP contribution < -0.4 is 0 Å². The van der Waals surface area contributed by atoms with Crippen LogP contribution in [0.5, 0.6) is 0 Å². The van der Waals surface area contributed by atoms with Crippen molar-refractivity contribution in [3.05, 3.63) is 22.6 Å². The van der Waals surface area contributed by atoms with E-state index < -0.39 is 10.5 Å². The molecular formula is C10H13N3O4. The number of carbonyl (C=O) groups is 1. The van der Waals surface area contributed by atoms with Gasteiger partial charge in [-0.2, -0.15) is 0 Å². The summed E-state index contributed by atoms with van der Waals surface area (Å²) in [5.74, 6) is -0.584. The molecule has 1 aromatic rings. The number of hydrogen-bond acceptors (Lipinski definition) is 5. The van der Waals surface area contributed by atoms with Crippen molar-refractivity contribution in [1.29, 1.82) is 0 Å². The van der Waals surface area contributed by atoms with Gasteiger partial charge in [-0.15, -0.1) is 0 Å². The third kappa shape index (κ3) is 1.77. The molecule has 7 nitrogen and oxygen atoms in total. The van der Waals surface area contributed by atoms with Gasteiger partial charge in [-0.05, 0) is 36.1 Å². The van der Waals surface area contributed by atoms with Crippen LogP contribution in [0, 0.1) is 10.1 Å². The minimum absolute atomic E-state index is 0.249. The molecule has 0 aromatic carbocycles. The van der Waals surface area contributed by atoms with E-state index in [-0.39, 0.29) is 11.8 Å². The molecule has 0 radical (unpaired) electrons. The summed E-state index contributed by atoms with van der Waals surface area (Å²) >= 11 is 0. The van der Waals surface area contributed by atoms with Gasteiger partial charge in [0, 0.05) is 0 Å². The summed E-state index contributed by atoms with van der Waals surface area (Å²) < 4.78 is 6.52. The van der Waals surface area contributed by atoms with Gasteiger partial charge in [0.1, 0.15) is 11.7 Å². The zero-order valence-corrected chi connectivity index (χ0v) is 9.46. The van der Waals surface area contributed by atoms with Gasteiger partial charge >= 0.3 is 11.8 Å². The van der Waals surface area contributed by atoms with Gasteiger partial charge in [-0.1, -0.05) is 0 Å². The molecule has 1 saturated carbocycles. The molecule has 2 rings (SSSR count). The molecule has 1 aliphatic rings. The number of esters is 1. The van der Waals surface area contributed by atoms with Crippen molar-refractivity contribution in [2.24, 2.45) is 0 Å². The Hall–Kier alpha value is -1.92. The van der Waals surface area contributed by atoms with Gasteiger partial charge < -0.3 is 14.9 Å². The molecule has 1 aromatic heterocycles. The molecule has 1 heterocycles. The fourth-order valence-electron chi connectivity index (χ4n) is 1.99. The van der Waals surface area contributed by atoms with Crippen LogP contribution in [0.1, 0.15) is 26.2 Å². The first-order valence-corrected chi connectivity index (χ1v) is 5.46. The van der Waals surface area contributed by atoms with Gasteiger partial charge in [0.05, 0.1) is 6.61 Å². The number of ether oxygens (including phenoxy) is 1. The Labute approximate surface area is 97.5 Å². The molecule has 0 aliphatic heterocycles. The van der Waals surface area contributed by atoms with Crippen LogP contribution in [0.15, 0.2) is 12.5 Å². The van der Waals surface area contributed by atoms with Crippen molar-refractivity contribution < 1.29 is 14.5 Å². The molecule has 0 bridgehead atoms. The summed E-state index contributed by atoms with van der Waals surface area (Å²) in [6.07, 6.45) is 4.80. The zero-order valence-electron chi connectivity index (χ0n) is 9.46. The van der Waals surface area contributed by atoms with Crippen LogP contribution in [-0.2, 0) is 15.1 Å². The van der Waals surface area contributed by atoms with Gasteiger partial charge in [0.2, 0.25) is 6.33 Å². The lowest BCUT2D eigenvalue weighted by molar-refractivity contribution is -0.389. The minimum atomic E-state index is -0.780. The molecule has 0 spiro atoms. The van der Waals surface area contributed by atoms with Gasteiger partial charge in [-0.25, -0.2) is 4.79 Å². The normalized spacial score (nSPS) is 17.2. The lowest BCUT2D eigenvalue weighted by Crippen LogP contribution is -2.48. The Bertz CT molecular complexity index is 450. The van der Waals surface area contributed by atoms with Crippen molar-refractivity contribution >= 4 is 11.8 Å². The zero-order chi connectivity index (χ0) is 12.5. The number of carbonyl (C=O) groups excluding carboxylic acids is 1. The van der Waals surface area contributed by atoms with E-state index in [1.807, 2.05) is 0 Å². The molecule has 1 aliphatic carbocycles. The summed E-state index contributed by atoms with van der Waals surface area (Å²) in [6, 6.07) is 0. The molecular weight excluding hydrogens is 226 g/mol. The van der Waals surface area contributed by atoms with E-state index in [4.69, 9.17) is 4.74 Å². The first kappa shape index (κ1) is 11.6. The van der Waals surface area contributed by atoms with E-state index in [0.717, 1.165) is 6.42 Å². The van der Waals surface area contributed by atoms with Crippen molar-refractivity contribution in [3.8, 4) is 0 Å². The highest BCUT2D eigenvalue weighted by Crippen LogP contribution is 2.40. The Morgan fingerprint density at radius 3 is 2.82 bits per heavy atom. The summed E-state index contributed by atoms with van der Waals surface area (Å²) in [5, 5.41) is 10.6. The largest absolute Gasteiger partial charge is 0.464 e. The Kier molecular flexibility index (Phi) is 2.83. The fraction of sp³-hybridized carbons (Fsp3) is 0.600. The maximum atomic E-state index is 11.9. The highest BCUT2D eigenvalue weighted by molar-refractivity contribution is 5.80. The molecule has 1 fully saturated rings. The molecule has 17 heavy (non-hydrogen) atoms. The van der Waals surface area contributed by atoms with Crippen LogP contribution in [0.25, 0.3) is 0 Å². The molecule has 0 saturated heterocycles. The van der Waals surface area contributed by atoms with Crippen LogP contribution >= 0.6 is 0 Å². The van der Waals surface area contributed by atoms with Crippen LogP contribution in [0.2, 0.25) is 0 Å². The Morgan fingerprint density at radius 2 is 2.41 bits per heavy atom. The molecule has 92 valence electrons. The van der Waals surface area contributed by atoms with Crippen molar-refractivity contribution in [2.45, 2.75) is 31.7 Å². The minimum Gasteiger partial charge on any atom is -0.464 e. The van der Waals surface area contributed by atoms with E-state index in [1.165, 1.54) is 17.1 Å². The molecule has 0 atom stereocenters. The van der Waals surface area contributed by atoms with Crippen LogP contribution in [0.3, 0.4) is 0 Å². The second-order valence-corrected chi connectivity index (χ2v) is 4.00. The molecule has 0 N–H and O–H groups in total. The number of hydrogen-bond donors (Lipinski definition) is 0. The first-order chi connectivity index (χ1) is 8.10.